The van der Waals surface area contributed by atoms with Crippen molar-refractivity contribution in [3.8, 4) is 0 Å². The van der Waals surface area contributed by atoms with E-state index in [0.717, 1.165) is 13.1 Å². The molecule has 1 aliphatic heterocycles. The Balaban J connectivity index is 2.14. The summed E-state index contributed by atoms with van der Waals surface area (Å²) in [7, 11) is 2.01. The Morgan fingerprint density at radius 2 is 2.06 bits per heavy atom. The van der Waals surface area contributed by atoms with Crippen LogP contribution in [-0.2, 0) is 0 Å². The second kappa shape index (κ2) is 4.44. The molecular formula is C10H14N4O2. The second-order valence-corrected chi connectivity index (χ2v) is 3.89. The molecule has 86 valence electrons. The van der Waals surface area contributed by atoms with E-state index in [0.29, 0.717) is 13.1 Å². The van der Waals surface area contributed by atoms with Crippen LogP contribution in [0, 0.1) is 0 Å². The van der Waals surface area contributed by atoms with Gasteiger partial charge < -0.3 is 14.8 Å². The van der Waals surface area contributed by atoms with Crippen LogP contribution in [0.3, 0.4) is 0 Å². The number of amides is 1. The van der Waals surface area contributed by atoms with E-state index in [1.807, 2.05) is 7.05 Å². The first-order chi connectivity index (χ1) is 7.68. The summed E-state index contributed by atoms with van der Waals surface area (Å²) in [5, 5.41) is 0. The number of likely N-dealkylation sites (N-methyl/N-ethyl adjacent to an activating group) is 1. The molecule has 6 heteroatoms. The lowest BCUT2D eigenvalue weighted by molar-refractivity contribution is 0.0662. The predicted octanol–water partition coefficient (Wildman–Crippen LogP) is -0.842. The zero-order valence-electron chi connectivity index (χ0n) is 9.14. The highest BCUT2D eigenvalue weighted by Crippen LogP contribution is 2.03. The van der Waals surface area contributed by atoms with Crippen molar-refractivity contribution in [3.05, 3.63) is 28.4 Å². The molecular weight excluding hydrogens is 208 g/mol. The van der Waals surface area contributed by atoms with E-state index in [1.54, 1.807) is 4.90 Å². The fourth-order valence-corrected chi connectivity index (χ4v) is 1.68. The standard InChI is InChI=1S/C10H14N4O2/c1-13-2-4-14(5-3-13)10(16)8-6-11-7-12-9(8)15/h6-7H,2-5H2,1H3,(H,11,12,15). The van der Waals surface area contributed by atoms with Crippen molar-refractivity contribution >= 4 is 5.91 Å². The lowest BCUT2D eigenvalue weighted by Gasteiger charge is -2.32. The lowest BCUT2D eigenvalue weighted by Crippen LogP contribution is -2.48. The molecule has 1 aliphatic rings. The predicted molar refractivity (Wildman–Crippen MR) is 58.3 cm³/mol. The van der Waals surface area contributed by atoms with Crippen molar-refractivity contribution in [1.82, 2.24) is 19.8 Å². The van der Waals surface area contributed by atoms with Gasteiger partial charge in [0.15, 0.2) is 0 Å². The molecule has 0 aromatic carbocycles. The average Bonchev–Trinajstić information content (AvgIpc) is 2.30. The molecule has 0 unspecified atom stereocenters. The summed E-state index contributed by atoms with van der Waals surface area (Å²) in [5.74, 6) is -0.234. The Kier molecular flexibility index (Phi) is 3.00. The van der Waals surface area contributed by atoms with Gasteiger partial charge in [0, 0.05) is 32.4 Å². The van der Waals surface area contributed by atoms with Gasteiger partial charge in [0.05, 0.1) is 6.33 Å². The van der Waals surface area contributed by atoms with Crippen molar-refractivity contribution in [1.29, 1.82) is 0 Å². The zero-order valence-corrected chi connectivity index (χ0v) is 9.14. The third-order valence-corrected chi connectivity index (χ3v) is 2.74. The van der Waals surface area contributed by atoms with Crippen molar-refractivity contribution in [2.24, 2.45) is 0 Å². The van der Waals surface area contributed by atoms with Gasteiger partial charge in [-0.25, -0.2) is 4.98 Å². The van der Waals surface area contributed by atoms with Gasteiger partial charge in [0.25, 0.3) is 11.5 Å². The van der Waals surface area contributed by atoms with Gasteiger partial charge in [0.2, 0.25) is 0 Å². The first-order valence-corrected chi connectivity index (χ1v) is 5.19. The summed E-state index contributed by atoms with van der Waals surface area (Å²) >= 11 is 0. The molecule has 0 aliphatic carbocycles. The fraction of sp³-hybridized carbons (Fsp3) is 0.500. The van der Waals surface area contributed by atoms with Gasteiger partial charge in [-0.3, -0.25) is 9.59 Å². The van der Waals surface area contributed by atoms with Gasteiger partial charge in [0.1, 0.15) is 5.56 Å². The highest BCUT2D eigenvalue weighted by molar-refractivity contribution is 5.93. The highest BCUT2D eigenvalue weighted by atomic mass is 16.2. The van der Waals surface area contributed by atoms with Gasteiger partial charge in [-0.05, 0) is 7.05 Å². The normalized spacial score (nSPS) is 17.4. The first kappa shape index (κ1) is 10.8. The second-order valence-electron chi connectivity index (χ2n) is 3.89. The molecule has 1 N–H and O–H groups in total. The number of piperazine rings is 1. The Morgan fingerprint density at radius 1 is 1.38 bits per heavy atom. The quantitative estimate of drug-likeness (QED) is 0.672. The summed E-state index contributed by atoms with van der Waals surface area (Å²) in [6, 6.07) is 0. The molecule has 1 aromatic heterocycles. The number of carbonyl (C=O) groups is 1. The number of hydrogen-bond donors (Lipinski definition) is 1. The third-order valence-electron chi connectivity index (χ3n) is 2.74. The van der Waals surface area contributed by atoms with Gasteiger partial charge in [-0.2, -0.15) is 0 Å². The Hall–Kier alpha value is -1.69. The number of H-pyrrole nitrogens is 1. The van der Waals surface area contributed by atoms with Crippen LogP contribution in [0.5, 0.6) is 0 Å². The maximum Gasteiger partial charge on any atom is 0.263 e. The maximum absolute atomic E-state index is 12.0. The molecule has 1 amide bonds. The van der Waals surface area contributed by atoms with Crippen LogP contribution in [-0.4, -0.2) is 58.9 Å². The number of nitrogens with zero attached hydrogens (tertiary/aromatic N) is 3. The molecule has 2 rings (SSSR count). The number of rotatable bonds is 1. The minimum absolute atomic E-state index is 0.118. The van der Waals surface area contributed by atoms with Gasteiger partial charge >= 0.3 is 0 Å². The Morgan fingerprint density at radius 3 is 2.69 bits per heavy atom. The number of aromatic nitrogens is 2. The topological polar surface area (TPSA) is 69.3 Å². The summed E-state index contributed by atoms with van der Waals surface area (Å²) in [4.78, 5) is 33.4. The maximum atomic E-state index is 12.0. The minimum Gasteiger partial charge on any atom is -0.336 e. The van der Waals surface area contributed by atoms with E-state index < -0.39 is 0 Å². The molecule has 0 bridgehead atoms. The average molecular weight is 222 g/mol. The van der Waals surface area contributed by atoms with Gasteiger partial charge in [-0.15, -0.1) is 0 Å². The molecule has 6 nitrogen and oxygen atoms in total. The molecule has 1 saturated heterocycles. The molecule has 0 saturated carbocycles. The van der Waals surface area contributed by atoms with Crippen LogP contribution in [0.15, 0.2) is 17.3 Å². The molecule has 1 fully saturated rings. The minimum atomic E-state index is -0.376. The molecule has 1 aromatic rings. The summed E-state index contributed by atoms with van der Waals surface area (Å²) < 4.78 is 0. The number of nitrogens with one attached hydrogen (secondary N) is 1. The van der Waals surface area contributed by atoms with E-state index in [1.165, 1.54) is 12.5 Å². The van der Waals surface area contributed by atoms with Crippen LogP contribution >= 0.6 is 0 Å². The summed E-state index contributed by atoms with van der Waals surface area (Å²) in [6.07, 6.45) is 2.60. The Labute approximate surface area is 92.9 Å². The SMILES string of the molecule is CN1CCN(C(=O)c2cnc[nH]c2=O)CC1. The van der Waals surface area contributed by atoms with Crippen molar-refractivity contribution < 1.29 is 4.79 Å². The molecule has 0 spiro atoms. The number of hydrogen-bond acceptors (Lipinski definition) is 4. The summed E-state index contributed by atoms with van der Waals surface area (Å²) in [5.41, 5.74) is -0.258. The third kappa shape index (κ3) is 2.11. The number of aromatic amines is 1. The number of carbonyl (C=O) groups excluding carboxylic acids is 1. The first-order valence-electron chi connectivity index (χ1n) is 5.19. The molecule has 0 radical (unpaired) electrons. The van der Waals surface area contributed by atoms with Crippen molar-refractivity contribution in [2.75, 3.05) is 33.2 Å². The highest BCUT2D eigenvalue weighted by Gasteiger charge is 2.22. The molecule has 16 heavy (non-hydrogen) atoms. The van der Waals surface area contributed by atoms with Crippen LogP contribution in [0.2, 0.25) is 0 Å². The smallest absolute Gasteiger partial charge is 0.263 e. The van der Waals surface area contributed by atoms with E-state index in [-0.39, 0.29) is 17.0 Å². The van der Waals surface area contributed by atoms with Crippen LogP contribution in [0.1, 0.15) is 10.4 Å². The van der Waals surface area contributed by atoms with E-state index >= 15 is 0 Å². The van der Waals surface area contributed by atoms with E-state index in [9.17, 15) is 9.59 Å². The largest absolute Gasteiger partial charge is 0.336 e. The van der Waals surface area contributed by atoms with Crippen molar-refractivity contribution in [2.45, 2.75) is 0 Å². The van der Waals surface area contributed by atoms with Gasteiger partial charge in [-0.1, -0.05) is 0 Å². The van der Waals surface area contributed by atoms with Crippen molar-refractivity contribution in [3.63, 3.8) is 0 Å². The molecule has 0 atom stereocenters. The Bertz CT molecular complexity index is 434. The summed E-state index contributed by atoms with van der Waals surface area (Å²) in [6.45, 7) is 2.99. The lowest BCUT2D eigenvalue weighted by atomic mass is 10.2. The van der Waals surface area contributed by atoms with Crippen LogP contribution in [0.25, 0.3) is 0 Å². The van der Waals surface area contributed by atoms with Crippen LogP contribution < -0.4 is 5.56 Å². The fourth-order valence-electron chi connectivity index (χ4n) is 1.68. The zero-order chi connectivity index (χ0) is 11.5. The van der Waals surface area contributed by atoms with Crippen LogP contribution in [0.4, 0.5) is 0 Å². The monoisotopic (exact) mass is 222 g/mol. The van der Waals surface area contributed by atoms with E-state index in [2.05, 4.69) is 14.9 Å². The molecule has 2 heterocycles. The van der Waals surface area contributed by atoms with E-state index in [4.69, 9.17) is 0 Å².